The molecule has 0 aliphatic rings. The van der Waals surface area contributed by atoms with Crippen LogP contribution in [0.2, 0.25) is 0 Å². The summed E-state index contributed by atoms with van der Waals surface area (Å²) in [5, 5.41) is 14.0. The van der Waals surface area contributed by atoms with E-state index in [9.17, 15) is 24.3 Å². The van der Waals surface area contributed by atoms with Crippen LogP contribution in [0, 0.1) is 0 Å². The smallest absolute Gasteiger partial charge is 0.408 e. The van der Waals surface area contributed by atoms with Gasteiger partial charge >= 0.3 is 12.1 Å². The van der Waals surface area contributed by atoms with Gasteiger partial charge in [-0.1, -0.05) is 60.7 Å². The highest BCUT2D eigenvalue weighted by molar-refractivity contribution is 5.92. The Morgan fingerprint density at radius 3 is 1.97 bits per heavy atom. The Bertz CT molecular complexity index is 873. The normalized spacial score (nSPS) is 12.3. The first-order valence-electron chi connectivity index (χ1n) is 9.17. The molecular weight excluding hydrogens is 390 g/mol. The number of alkyl carbamates (subject to hydrolysis) is 1. The monoisotopic (exact) mass is 413 g/mol. The Kier molecular flexibility index (Phi) is 8.37. The van der Waals surface area contributed by atoms with Gasteiger partial charge in [-0.05, 0) is 11.1 Å². The number of rotatable bonds is 10. The van der Waals surface area contributed by atoms with E-state index in [1.807, 2.05) is 6.07 Å². The van der Waals surface area contributed by atoms with Crippen LogP contribution in [-0.4, -0.2) is 41.1 Å². The molecule has 30 heavy (non-hydrogen) atoms. The summed E-state index contributed by atoms with van der Waals surface area (Å²) in [4.78, 5) is 47.4. The molecule has 158 valence electrons. The first-order chi connectivity index (χ1) is 14.3. The van der Waals surface area contributed by atoms with Crippen LogP contribution < -0.4 is 16.4 Å². The molecule has 0 bridgehead atoms. The maximum atomic E-state index is 12.5. The van der Waals surface area contributed by atoms with E-state index in [4.69, 9.17) is 10.5 Å². The Hall–Kier alpha value is -3.88. The van der Waals surface area contributed by atoms with Crippen molar-refractivity contribution < 1.29 is 29.0 Å². The third kappa shape index (κ3) is 7.63. The first kappa shape index (κ1) is 22.4. The molecule has 0 fully saturated rings. The molecule has 0 aromatic heterocycles. The van der Waals surface area contributed by atoms with Gasteiger partial charge in [0, 0.05) is 6.42 Å². The van der Waals surface area contributed by atoms with Gasteiger partial charge in [0.25, 0.3) is 0 Å². The second-order valence-corrected chi connectivity index (χ2v) is 6.52. The molecule has 2 aromatic carbocycles. The van der Waals surface area contributed by atoms with Crippen molar-refractivity contribution in [3.8, 4) is 0 Å². The van der Waals surface area contributed by atoms with Gasteiger partial charge in [0.15, 0.2) is 0 Å². The van der Waals surface area contributed by atoms with Gasteiger partial charge in [-0.25, -0.2) is 9.59 Å². The summed E-state index contributed by atoms with van der Waals surface area (Å²) in [5.41, 5.74) is 6.59. The highest BCUT2D eigenvalue weighted by Gasteiger charge is 2.28. The lowest BCUT2D eigenvalue weighted by molar-refractivity contribution is -0.142. The molecule has 0 saturated carbocycles. The molecule has 0 spiro atoms. The van der Waals surface area contributed by atoms with Gasteiger partial charge in [-0.15, -0.1) is 0 Å². The molecule has 0 saturated heterocycles. The number of nitrogens with two attached hydrogens (primary N) is 1. The number of nitrogens with one attached hydrogen (secondary N) is 2. The van der Waals surface area contributed by atoms with E-state index in [1.165, 1.54) is 0 Å². The molecule has 0 aliphatic carbocycles. The first-order valence-corrected chi connectivity index (χ1v) is 9.17. The number of ether oxygens (including phenoxy) is 1. The van der Waals surface area contributed by atoms with Crippen LogP contribution in [0.5, 0.6) is 0 Å². The van der Waals surface area contributed by atoms with E-state index in [1.54, 1.807) is 54.6 Å². The minimum Gasteiger partial charge on any atom is -0.480 e. The lowest BCUT2D eigenvalue weighted by Crippen LogP contribution is -2.53. The summed E-state index contributed by atoms with van der Waals surface area (Å²) in [5.74, 6) is -2.95. The number of carboxylic acids is 1. The summed E-state index contributed by atoms with van der Waals surface area (Å²) in [6.45, 7) is -0.0384. The van der Waals surface area contributed by atoms with Crippen molar-refractivity contribution in [3.05, 3.63) is 71.8 Å². The molecule has 0 unspecified atom stereocenters. The predicted octanol–water partition coefficient (Wildman–Crippen LogP) is 0.969. The Morgan fingerprint density at radius 2 is 1.43 bits per heavy atom. The maximum Gasteiger partial charge on any atom is 0.408 e. The van der Waals surface area contributed by atoms with E-state index in [-0.39, 0.29) is 13.0 Å². The molecular formula is C21H23N3O6. The largest absolute Gasteiger partial charge is 0.480 e. The quantitative estimate of drug-likeness (QED) is 0.456. The van der Waals surface area contributed by atoms with Crippen molar-refractivity contribution in [3.63, 3.8) is 0 Å². The van der Waals surface area contributed by atoms with Crippen LogP contribution in [0.3, 0.4) is 0 Å². The minimum atomic E-state index is -1.37. The molecule has 2 atom stereocenters. The fraction of sp³-hybridized carbons (Fsp3) is 0.238. The van der Waals surface area contributed by atoms with E-state index < -0.39 is 42.4 Å². The average Bonchev–Trinajstić information content (AvgIpc) is 2.72. The maximum absolute atomic E-state index is 12.5. The summed E-state index contributed by atoms with van der Waals surface area (Å²) < 4.78 is 5.04. The van der Waals surface area contributed by atoms with Crippen LogP contribution in [0.15, 0.2) is 60.7 Å². The average molecular weight is 413 g/mol. The molecule has 0 heterocycles. The zero-order valence-corrected chi connectivity index (χ0v) is 16.1. The molecule has 3 amide bonds. The topological polar surface area (TPSA) is 148 Å². The number of hydrogen-bond acceptors (Lipinski definition) is 5. The minimum absolute atomic E-state index is 0.0314. The SMILES string of the molecule is NC(=O)C[C@@H](NC(=O)OCc1ccccc1)C(=O)N[C@@H](Cc1ccccc1)C(=O)O. The van der Waals surface area contributed by atoms with Gasteiger partial charge in [-0.2, -0.15) is 0 Å². The van der Waals surface area contributed by atoms with Crippen LogP contribution in [0.4, 0.5) is 4.79 Å². The number of carbonyl (C=O) groups excluding carboxylic acids is 3. The number of carboxylic acid groups (broad SMARTS) is 1. The van der Waals surface area contributed by atoms with Crippen LogP contribution in [-0.2, 0) is 32.1 Å². The molecule has 2 aromatic rings. The van der Waals surface area contributed by atoms with E-state index in [2.05, 4.69) is 10.6 Å². The fourth-order valence-corrected chi connectivity index (χ4v) is 2.64. The Balaban J connectivity index is 1.99. The second kappa shape index (κ2) is 11.2. The third-order valence-electron chi connectivity index (χ3n) is 4.12. The number of carbonyl (C=O) groups is 4. The van der Waals surface area contributed by atoms with Crippen molar-refractivity contribution in [1.29, 1.82) is 0 Å². The number of primary amides is 1. The van der Waals surface area contributed by atoms with E-state index in [0.29, 0.717) is 5.56 Å². The van der Waals surface area contributed by atoms with Gasteiger partial charge in [0.2, 0.25) is 11.8 Å². The van der Waals surface area contributed by atoms with E-state index in [0.717, 1.165) is 5.56 Å². The van der Waals surface area contributed by atoms with Crippen molar-refractivity contribution in [1.82, 2.24) is 10.6 Å². The fourth-order valence-electron chi connectivity index (χ4n) is 2.64. The molecule has 5 N–H and O–H groups in total. The summed E-state index contributed by atoms with van der Waals surface area (Å²) in [6, 6.07) is 15.0. The Morgan fingerprint density at radius 1 is 0.867 bits per heavy atom. The number of aliphatic carboxylic acids is 1. The van der Waals surface area contributed by atoms with Gasteiger partial charge < -0.3 is 26.2 Å². The summed E-state index contributed by atoms with van der Waals surface area (Å²) in [6.07, 6.45) is -1.41. The van der Waals surface area contributed by atoms with E-state index >= 15 is 0 Å². The lowest BCUT2D eigenvalue weighted by atomic mass is 10.1. The van der Waals surface area contributed by atoms with Crippen molar-refractivity contribution in [2.75, 3.05) is 0 Å². The zero-order valence-electron chi connectivity index (χ0n) is 16.1. The molecule has 0 radical (unpaired) electrons. The van der Waals surface area contributed by atoms with Gasteiger partial charge in [0.05, 0.1) is 6.42 Å². The summed E-state index contributed by atoms with van der Waals surface area (Å²) in [7, 11) is 0. The van der Waals surface area contributed by atoms with Crippen LogP contribution >= 0.6 is 0 Å². The Labute approximate surface area is 173 Å². The standard InChI is InChI=1S/C21H23N3O6/c22-18(25)12-16(24-21(29)30-13-15-9-5-2-6-10-15)19(26)23-17(20(27)28)11-14-7-3-1-4-8-14/h1-10,16-17H,11-13H2,(H2,22,25)(H,23,26)(H,24,29)(H,27,28)/t16-,17+/m1/s1. The van der Waals surface area contributed by atoms with Crippen LogP contribution in [0.1, 0.15) is 17.5 Å². The molecule has 9 heteroatoms. The second-order valence-electron chi connectivity index (χ2n) is 6.52. The zero-order chi connectivity index (χ0) is 21.9. The van der Waals surface area contributed by atoms with Crippen molar-refractivity contribution in [2.45, 2.75) is 31.5 Å². The molecule has 9 nitrogen and oxygen atoms in total. The van der Waals surface area contributed by atoms with Gasteiger partial charge in [0.1, 0.15) is 18.7 Å². The highest BCUT2D eigenvalue weighted by atomic mass is 16.5. The number of benzene rings is 2. The lowest BCUT2D eigenvalue weighted by Gasteiger charge is -2.20. The third-order valence-corrected chi connectivity index (χ3v) is 4.12. The number of amides is 3. The molecule has 2 rings (SSSR count). The summed E-state index contributed by atoms with van der Waals surface area (Å²) >= 11 is 0. The van der Waals surface area contributed by atoms with Crippen molar-refractivity contribution in [2.24, 2.45) is 5.73 Å². The predicted molar refractivity (Wildman–Crippen MR) is 107 cm³/mol. The van der Waals surface area contributed by atoms with Crippen LogP contribution in [0.25, 0.3) is 0 Å². The van der Waals surface area contributed by atoms with Gasteiger partial charge in [-0.3, -0.25) is 9.59 Å². The molecule has 0 aliphatic heterocycles. The highest BCUT2D eigenvalue weighted by Crippen LogP contribution is 2.05. The van der Waals surface area contributed by atoms with Crippen molar-refractivity contribution >= 4 is 23.9 Å². The number of hydrogen-bond donors (Lipinski definition) is 4.